The highest BCUT2D eigenvalue weighted by atomic mass is 32.1. The number of nitrogens with zero attached hydrogens (tertiary/aromatic N) is 1. The molecule has 0 atom stereocenters. The fourth-order valence-electron chi connectivity index (χ4n) is 3.22. The standard InChI is InChI=1S/C20H23N3O2S/c24-18(13-7-8-13)21-15-11-9-14(10-12-15)19(25)23-20-22-16-5-3-1-2-4-6-17(16)26-20/h9-13H,1-8H2,(H,21,24)(H,22,23,25). The highest BCUT2D eigenvalue weighted by Gasteiger charge is 2.29. The minimum Gasteiger partial charge on any atom is -0.326 e. The number of thiazole rings is 1. The first-order valence-corrected chi connectivity index (χ1v) is 10.2. The maximum atomic E-state index is 12.5. The number of hydrogen-bond acceptors (Lipinski definition) is 4. The van der Waals surface area contributed by atoms with Crippen molar-refractivity contribution in [3.05, 3.63) is 40.4 Å². The second-order valence-corrected chi connectivity index (χ2v) is 8.18. The lowest BCUT2D eigenvalue weighted by Gasteiger charge is -2.06. The molecule has 2 aliphatic carbocycles. The number of rotatable bonds is 4. The Hall–Kier alpha value is -2.21. The van der Waals surface area contributed by atoms with Gasteiger partial charge in [-0.05, 0) is 62.8 Å². The van der Waals surface area contributed by atoms with E-state index in [4.69, 9.17) is 0 Å². The number of anilines is 2. The Bertz CT molecular complexity index is 783. The molecule has 136 valence electrons. The van der Waals surface area contributed by atoms with Gasteiger partial charge in [-0.3, -0.25) is 14.9 Å². The van der Waals surface area contributed by atoms with Crippen LogP contribution in [0.15, 0.2) is 24.3 Å². The highest BCUT2D eigenvalue weighted by Crippen LogP contribution is 2.30. The van der Waals surface area contributed by atoms with Gasteiger partial charge in [0.25, 0.3) is 5.91 Å². The molecule has 1 fully saturated rings. The second kappa shape index (κ2) is 7.58. The van der Waals surface area contributed by atoms with Gasteiger partial charge in [0.05, 0.1) is 5.69 Å². The van der Waals surface area contributed by atoms with Crippen molar-refractivity contribution in [3.8, 4) is 0 Å². The van der Waals surface area contributed by atoms with E-state index in [1.165, 1.54) is 30.6 Å². The number of fused-ring (bicyclic) bond motifs is 1. The van der Waals surface area contributed by atoms with E-state index in [1.54, 1.807) is 35.6 Å². The monoisotopic (exact) mass is 369 g/mol. The van der Waals surface area contributed by atoms with Crippen LogP contribution < -0.4 is 10.6 Å². The third kappa shape index (κ3) is 4.12. The van der Waals surface area contributed by atoms with Gasteiger partial charge < -0.3 is 5.32 Å². The molecule has 1 saturated carbocycles. The molecule has 2 aliphatic rings. The third-order valence-corrected chi connectivity index (χ3v) is 6.00. The van der Waals surface area contributed by atoms with E-state index in [-0.39, 0.29) is 17.7 Å². The number of nitrogens with one attached hydrogen (secondary N) is 2. The Morgan fingerprint density at radius 3 is 2.42 bits per heavy atom. The number of benzene rings is 1. The van der Waals surface area contributed by atoms with Crippen LogP contribution in [-0.4, -0.2) is 16.8 Å². The van der Waals surface area contributed by atoms with Gasteiger partial charge in [0.2, 0.25) is 5.91 Å². The molecule has 2 aromatic rings. The van der Waals surface area contributed by atoms with Crippen LogP contribution >= 0.6 is 11.3 Å². The van der Waals surface area contributed by atoms with Gasteiger partial charge in [-0.15, -0.1) is 11.3 Å². The average Bonchev–Trinajstić information content (AvgIpc) is 3.40. The maximum absolute atomic E-state index is 12.5. The normalized spacial score (nSPS) is 16.9. The Balaban J connectivity index is 1.39. The molecule has 1 aromatic carbocycles. The summed E-state index contributed by atoms with van der Waals surface area (Å²) in [6, 6.07) is 7.02. The van der Waals surface area contributed by atoms with Crippen LogP contribution in [0.3, 0.4) is 0 Å². The first kappa shape index (κ1) is 17.2. The topological polar surface area (TPSA) is 71.1 Å². The second-order valence-electron chi connectivity index (χ2n) is 7.10. The summed E-state index contributed by atoms with van der Waals surface area (Å²) in [6.07, 6.45) is 8.96. The fourth-order valence-corrected chi connectivity index (χ4v) is 4.27. The quantitative estimate of drug-likeness (QED) is 0.839. The van der Waals surface area contributed by atoms with Crippen LogP contribution in [0.1, 0.15) is 59.5 Å². The van der Waals surface area contributed by atoms with Gasteiger partial charge in [0.1, 0.15) is 0 Å². The zero-order valence-electron chi connectivity index (χ0n) is 14.7. The molecule has 0 radical (unpaired) electrons. The molecule has 1 aromatic heterocycles. The number of amides is 2. The van der Waals surface area contributed by atoms with Crippen molar-refractivity contribution in [2.45, 2.75) is 51.4 Å². The molecule has 6 heteroatoms. The van der Waals surface area contributed by atoms with E-state index in [0.717, 1.165) is 37.1 Å². The van der Waals surface area contributed by atoms with Gasteiger partial charge in [0.15, 0.2) is 5.13 Å². The van der Waals surface area contributed by atoms with E-state index in [0.29, 0.717) is 10.7 Å². The lowest BCUT2D eigenvalue weighted by molar-refractivity contribution is -0.117. The van der Waals surface area contributed by atoms with Crippen molar-refractivity contribution >= 4 is 34.0 Å². The van der Waals surface area contributed by atoms with Crippen LogP contribution in [0, 0.1) is 5.92 Å². The molecule has 0 spiro atoms. The van der Waals surface area contributed by atoms with Gasteiger partial charge >= 0.3 is 0 Å². The van der Waals surface area contributed by atoms with Crippen LogP contribution in [0.2, 0.25) is 0 Å². The minimum atomic E-state index is -0.160. The van der Waals surface area contributed by atoms with E-state index in [1.807, 2.05) is 0 Å². The Kier molecular flexibility index (Phi) is 5.02. The minimum absolute atomic E-state index is 0.0717. The Morgan fingerprint density at radius 1 is 0.962 bits per heavy atom. The number of hydrogen-bond donors (Lipinski definition) is 2. The molecule has 0 bridgehead atoms. The van der Waals surface area contributed by atoms with Crippen LogP contribution in [-0.2, 0) is 17.6 Å². The number of aryl methyl sites for hydroxylation is 2. The molecule has 0 saturated heterocycles. The molecular weight excluding hydrogens is 346 g/mol. The van der Waals surface area contributed by atoms with E-state index < -0.39 is 0 Å². The van der Waals surface area contributed by atoms with Crippen LogP contribution in [0.4, 0.5) is 10.8 Å². The molecule has 4 rings (SSSR count). The van der Waals surface area contributed by atoms with E-state index >= 15 is 0 Å². The molecule has 0 aliphatic heterocycles. The molecule has 26 heavy (non-hydrogen) atoms. The van der Waals surface area contributed by atoms with Crippen molar-refractivity contribution in [2.75, 3.05) is 10.6 Å². The summed E-state index contributed by atoms with van der Waals surface area (Å²) in [4.78, 5) is 30.2. The summed E-state index contributed by atoms with van der Waals surface area (Å²) >= 11 is 1.60. The summed E-state index contributed by atoms with van der Waals surface area (Å²) in [7, 11) is 0. The van der Waals surface area contributed by atoms with Gasteiger partial charge in [0, 0.05) is 22.0 Å². The highest BCUT2D eigenvalue weighted by molar-refractivity contribution is 7.15. The van der Waals surface area contributed by atoms with Crippen molar-refractivity contribution in [1.82, 2.24) is 4.98 Å². The SMILES string of the molecule is O=C(Nc1nc2c(s1)CCCCCC2)c1ccc(NC(=O)C2CC2)cc1. The van der Waals surface area contributed by atoms with Crippen LogP contribution in [0.5, 0.6) is 0 Å². The number of carbonyl (C=O) groups excluding carboxylic acids is 2. The summed E-state index contributed by atoms with van der Waals surface area (Å²) in [5.41, 5.74) is 2.45. The molecule has 0 unspecified atom stereocenters. The van der Waals surface area contributed by atoms with E-state index in [9.17, 15) is 9.59 Å². The lowest BCUT2D eigenvalue weighted by Crippen LogP contribution is -2.14. The molecule has 1 heterocycles. The fraction of sp³-hybridized carbons (Fsp3) is 0.450. The number of carbonyl (C=O) groups is 2. The first-order chi connectivity index (χ1) is 12.7. The first-order valence-electron chi connectivity index (χ1n) is 9.40. The largest absolute Gasteiger partial charge is 0.326 e. The zero-order chi connectivity index (χ0) is 17.9. The van der Waals surface area contributed by atoms with Crippen molar-refractivity contribution in [2.24, 2.45) is 5.92 Å². The van der Waals surface area contributed by atoms with Gasteiger partial charge in [-0.1, -0.05) is 12.8 Å². The third-order valence-electron chi connectivity index (χ3n) is 4.93. The predicted octanol–water partition coefficient (Wildman–Crippen LogP) is 4.40. The zero-order valence-corrected chi connectivity index (χ0v) is 15.5. The van der Waals surface area contributed by atoms with E-state index in [2.05, 4.69) is 15.6 Å². The average molecular weight is 369 g/mol. The van der Waals surface area contributed by atoms with Gasteiger partial charge in [-0.25, -0.2) is 4.98 Å². The van der Waals surface area contributed by atoms with Crippen LogP contribution in [0.25, 0.3) is 0 Å². The molecule has 2 N–H and O–H groups in total. The summed E-state index contributed by atoms with van der Waals surface area (Å²) in [6.45, 7) is 0. The Morgan fingerprint density at radius 2 is 1.69 bits per heavy atom. The Labute approximate surface area is 157 Å². The molecule has 5 nitrogen and oxygen atoms in total. The van der Waals surface area contributed by atoms with Crippen molar-refractivity contribution < 1.29 is 9.59 Å². The summed E-state index contributed by atoms with van der Waals surface area (Å²) < 4.78 is 0. The summed E-state index contributed by atoms with van der Waals surface area (Å²) in [5.74, 6) is 0.0801. The van der Waals surface area contributed by atoms with Crippen molar-refractivity contribution in [3.63, 3.8) is 0 Å². The van der Waals surface area contributed by atoms with Crippen molar-refractivity contribution in [1.29, 1.82) is 0 Å². The molecule has 2 amide bonds. The number of aromatic nitrogens is 1. The smallest absolute Gasteiger partial charge is 0.257 e. The van der Waals surface area contributed by atoms with Gasteiger partial charge in [-0.2, -0.15) is 0 Å². The maximum Gasteiger partial charge on any atom is 0.257 e. The predicted molar refractivity (Wildman–Crippen MR) is 104 cm³/mol. The lowest BCUT2D eigenvalue weighted by atomic mass is 10.0. The molecular formula is C20H23N3O2S. The summed E-state index contributed by atoms with van der Waals surface area (Å²) in [5, 5.41) is 6.50.